The molecule has 3 fully saturated rings. The van der Waals surface area contributed by atoms with E-state index in [0.29, 0.717) is 61.0 Å². The van der Waals surface area contributed by atoms with E-state index in [1.165, 1.54) is 17.9 Å². The second kappa shape index (κ2) is 11.0. The first kappa shape index (κ1) is 24.6. The third kappa shape index (κ3) is 4.82. The Morgan fingerprint density at radius 3 is 2.60 bits per heavy atom. The Morgan fingerprint density at radius 2 is 1.91 bits per heavy atom. The molecule has 0 unspecified atom stereocenters. The normalized spacial score (nSPS) is 24.8. The predicted octanol–water partition coefficient (Wildman–Crippen LogP) is 3.26. The number of nitrogens with one attached hydrogen (secondary N) is 2. The number of hydrogen-bond acceptors (Lipinski definition) is 9. The number of alkyl carbamates (subject to hydrolysis) is 1. The summed E-state index contributed by atoms with van der Waals surface area (Å²) in [5.74, 6) is 0.429. The molecule has 3 saturated carbocycles. The molecule has 4 aromatic rings. The van der Waals surface area contributed by atoms with Gasteiger partial charge in [0.1, 0.15) is 23.0 Å². The topological polar surface area (TPSA) is 181 Å². The van der Waals surface area contributed by atoms with Crippen LogP contribution in [-0.4, -0.2) is 59.8 Å². The van der Waals surface area contributed by atoms with E-state index in [-0.39, 0.29) is 41.4 Å². The summed E-state index contributed by atoms with van der Waals surface area (Å²) in [6.07, 6.45) is 6.97. The third-order valence-corrected chi connectivity index (χ3v) is 9.71. The van der Waals surface area contributed by atoms with Crippen molar-refractivity contribution in [3.05, 3.63) is 40.6 Å². The molecule has 236 valence electrons. The van der Waals surface area contributed by atoms with Gasteiger partial charge >= 0.3 is 11.8 Å². The van der Waals surface area contributed by atoms with Gasteiger partial charge in [0.15, 0.2) is 5.65 Å². The van der Waals surface area contributed by atoms with Gasteiger partial charge in [-0.15, -0.1) is 0 Å². The highest BCUT2D eigenvalue weighted by Crippen LogP contribution is 2.43. The van der Waals surface area contributed by atoms with E-state index in [4.69, 9.17) is 16.2 Å². The fourth-order valence-electron chi connectivity index (χ4n) is 7.09. The molecule has 45 heavy (non-hydrogen) atoms. The number of aryl methyl sites for hydroxylation is 1. The highest BCUT2D eigenvalue weighted by molar-refractivity contribution is 5.89. The lowest BCUT2D eigenvalue weighted by Gasteiger charge is -2.39. The first-order valence-corrected chi connectivity index (χ1v) is 15.2. The predicted molar refractivity (Wildman–Crippen MR) is 165 cm³/mol. The molecule has 0 saturated heterocycles. The molecule has 4 heterocycles. The van der Waals surface area contributed by atoms with Crippen molar-refractivity contribution in [2.24, 2.45) is 12.7 Å². The van der Waals surface area contributed by atoms with Crippen LogP contribution in [0.4, 0.5) is 16.4 Å². The van der Waals surface area contributed by atoms with Gasteiger partial charge in [-0.3, -0.25) is 18.7 Å². The maximum atomic E-state index is 13.7. The molecule has 0 spiro atoms. The van der Waals surface area contributed by atoms with Gasteiger partial charge in [0, 0.05) is 47.4 Å². The number of rotatable bonds is 7. The lowest BCUT2D eigenvalue weighted by molar-refractivity contribution is -0.131. The maximum Gasteiger partial charge on any atom is 0.407 e. The van der Waals surface area contributed by atoms with Crippen LogP contribution in [-0.2, 0) is 26.8 Å². The minimum absolute atomic E-state index is 0.0459. The molecule has 0 radical (unpaired) electrons. The number of aromatic nitrogens is 6. The van der Waals surface area contributed by atoms with Crippen LogP contribution >= 0.6 is 0 Å². The highest BCUT2D eigenvalue weighted by atomic mass is 16.5. The molecule has 0 aromatic carbocycles. The molecule has 14 nitrogen and oxygen atoms in total. The van der Waals surface area contributed by atoms with E-state index >= 15 is 0 Å². The second-order valence-electron chi connectivity index (χ2n) is 12.2. The number of ketones is 1. The Bertz CT molecular complexity index is 2060. The Morgan fingerprint density at radius 1 is 1.11 bits per heavy atom. The molecule has 14 heteroatoms. The smallest absolute Gasteiger partial charge is 0.407 e. The van der Waals surface area contributed by atoms with E-state index in [9.17, 15) is 19.2 Å². The number of ether oxygens (including phenoxy) is 1. The number of primary amides is 1. The summed E-state index contributed by atoms with van der Waals surface area (Å²) >= 11 is 0. The van der Waals surface area contributed by atoms with Crippen LogP contribution in [0, 0.1) is 0 Å². The molecule has 0 bridgehead atoms. The van der Waals surface area contributed by atoms with Crippen LogP contribution in [0.3, 0.4) is 0 Å². The molecule has 3 aliphatic rings. The molecular weight excluding hydrogens is 578 g/mol. The van der Waals surface area contributed by atoms with Crippen LogP contribution in [0.1, 0.15) is 87.2 Å². The van der Waals surface area contributed by atoms with Gasteiger partial charge in [-0.1, -0.05) is 0 Å². The van der Waals surface area contributed by atoms with Crippen molar-refractivity contribution in [2.75, 3.05) is 12.4 Å². The maximum absolute atomic E-state index is 13.7. The van der Waals surface area contributed by atoms with Crippen molar-refractivity contribution < 1.29 is 24.6 Å². The zero-order valence-corrected chi connectivity index (χ0v) is 24.8. The molecule has 4 N–H and O–H groups in total. The summed E-state index contributed by atoms with van der Waals surface area (Å²) < 4.78 is 41.3. The van der Waals surface area contributed by atoms with Gasteiger partial charge in [-0.25, -0.2) is 24.2 Å². The number of carbonyl (C=O) groups excluding carboxylic acids is 3. The Hall–Kier alpha value is -4.75. The molecule has 4 aromatic heterocycles. The summed E-state index contributed by atoms with van der Waals surface area (Å²) in [5, 5.41) is 11.1. The first-order valence-electron chi connectivity index (χ1n) is 17.2. The van der Waals surface area contributed by atoms with Crippen LogP contribution in [0.15, 0.2) is 29.3 Å². The molecule has 0 aliphatic heterocycles. The van der Waals surface area contributed by atoms with Crippen molar-refractivity contribution in [2.45, 2.75) is 87.7 Å². The number of pyridine rings is 2. The fourth-order valence-corrected chi connectivity index (χ4v) is 7.09. The lowest BCUT2D eigenvalue weighted by Crippen LogP contribution is -2.52. The molecule has 7 rings (SSSR count). The zero-order valence-electron chi connectivity index (χ0n) is 28.8. The minimum Gasteiger partial charge on any atom is -0.453 e. The quantitative estimate of drug-likeness (QED) is 0.280. The van der Waals surface area contributed by atoms with Crippen LogP contribution < -0.4 is 22.1 Å². The summed E-state index contributed by atoms with van der Waals surface area (Å²) in [7, 11) is 1.20. The highest BCUT2D eigenvalue weighted by Gasteiger charge is 2.47. The number of nitrogens with two attached hydrogens (primary N) is 1. The average molecular weight is 620 g/mol. The Labute approximate surface area is 263 Å². The van der Waals surface area contributed by atoms with Crippen LogP contribution in [0.25, 0.3) is 22.1 Å². The SMILES string of the molecule is [2H]C([2H])([2H])n1c(=O)n([C@@H]2CC[C@@]([2H])(NC(=O)OC)C2)c2cc(Nc3cc(C4CCC(=O)CC4)c4cnn(C5(C(N)=O)CCC5)c4n3)ncc21. The third-order valence-electron chi connectivity index (χ3n) is 9.71. The number of imidazole rings is 1. The van der Waals surface area contributed by atoms with E-state index in [2.05, 4.69) is 25.5 Å². The van der Waals surface area contributed by atoms with Crippen molar-refractivity contribution in [3.63, 3.8) is 0 Å². The number of anilines is 2. The second-order valence-corrected chi connectivity index (χ2v) is 12.2. The lowest BCUT2D eigenvalue weighted by atomic mass is 9.76. The number of carbonyl (C=O) groups is 3. The zero-order chi connectivity index (χ0) is 34.9. The standard InChI is InChI=1S/C31H37N9O5/c1-38-24-16-33-25(14-23(24)39(30(38)44)19-7-6-18(12-19)35-29(43)45-2)36-26-13-21(17-4-8-20(41)9-5-17)22-15-34-40(27(22)37-26)31(28(32)42)10-3-11-31/h13-19H,3-12H2,1-2H3,(H2,32,42)(H,35,43)(H,33,36,37)/t18-,19-/m1/s1/i1D3,18D. The van der Waals surface area contributed by atoms with E-state index < -0.39 is 42.3 Å². The van der Waals surface area contributed by atoms with Crippen molar-refractivity contribution in [1.29, 1.82) is 0 Å². The van der Waals surface area contributed by atoms with E-state index in [1.807, 2.05) is 6.07 Å². The van der Waals surface area contributed by atoms with Gasteiger partial charge in [0.25, 0.3) is 0 Å². The van der Waals surface area contributed by atoms with Crippen LogP contribution in [0.2, 0.25) is 0 Å². The number of Topliss-reactive ketones (excluding diaryl/α,β-unsaturated/α-hetero) is 1. The summed E-state index contributed by atoms with van der Waals surface area (Å²) in [4.78, 5) is 59.7. The van der Waals surface area contributed by atoms with Gasteiger partial charge < -0.3 is 21.1 Å². The van der Waals surface area contributed by atoms with E-state index in [0.717, 1.165) is 17.4 Å². The fraction of sp³-hybridized carbons (Fsp3) is 0.516. The number of nitrogens with zero attached hydrogens (tertiary/aromatic N) is 6. The minimum atomic E-state index is -2.81. The van der Waals surface area contributed by atoms with Crippen molar-refractivity contribution in [3.8, 4) is 0 Å². The van der Waals surface area contributed by atoms with Gasteiger partial charge in [0.05, 0.1) is 31.9 Å². The Kier molecular flexibility index (Phi) is 6.00. The number of methoxy groups -OCH3 is 1. The summed E-state index contributed by atoms with van der Waals surface area (Å²) in [6.45, 7) is -2.81. The van der Waals surface area contributed by atoms with Gasteiger partial charge in [0.2, 0.25) is 5.91 Å². The Balaban J connectivity index is 1.32. The monoisotopic (exact) mass is 619 g/mol. The number of fused-ring (bicyclic) bond motifs is 2. The van der Waals surface area contributed by atoms with Gasteiger partial charge in [-0.2, -0.15) is 5.10 Å². The largest absolute Gasteiger partial charge is 0.453 e. The molecule has 2 atom stereocenters. The average Bonchev–Trinajstić information content (AvgIpc) is 3.69. The molecule has 2 amide bonds. The molecule has 3 aliphatic carbocycles. The first-order chi connectivity index (χ1) is 23.2. The number of amides is 2. The van der Waals surface area contributed by atoms with E-state index in [1.54, 1.807) is 16.9 Å². The van der Waals surface area contributed by atoms with Crippen LogP contribution in [0.5, 0.6) is 0 Å². The molecular formula is C31H37N9O5. The summed E-state index contributed by atoms with van der Waals surface area (Å²) in [6, 6.07) is 1.43. The summed E-state index contributed by atoms with van der Waals surface area (Å²) in [5.41, 5.74) is 5.87. The van der Waals surface area contributed by atoms with Crippen molar-refractivity contribution in [1.82, 2.24) is 34.2 Å². The van der Waals surface area contributed by atoms with Gasteiger partial charge in [-0.05, 0) is 68.9 Å². The number of hydrogen-bond donors (Lipinski definition) is 3. The van der Waals surface area contributed by atoms with Crippen molar-refractivity contribution >= 4 is 51.5 Å².